The quantitative estimate of drug-likeness (QED) is 0.185. The predicted molar refractivity (Wildman–Crippen MR) is 211 cm³/mol. The van der Waals surface area contributed by atoms with Crippen LogP contribution in [0.4, 0.5) is 0 Å². The van der Waals surface area contributed by atoms with Gasteiger partial charge in [-0.05, 0) is 64.7 Å². The van der Waals surface area contributed by atoms with Gasteiger partial charge < -0.3 is 4.57 Å². The molecule has 0 spiro atoms. The first kappa shape index (κ1) is 28.6. The van der Waals surface area contributed by atoms with E-state index in [9.17, 15) is 0 Å². The first-order valence-electron chi connectivity index (χ1n) is 16.8. The van der Waals surface area contributed by atoms with Crippen LogP contribution in [0.5, 0.6) is 0 Å². The monoisotopic (exact) mass is 655 g/mol. The SMILES string of the molecule is c1ccc(-c2nc(-c3cccc(-c4cccc(-c5cccc6c5c5ccccc5n6-c5ccccc5)c4)c3)c3c(n2)sc2ccccc23)cc1. The maximum absolute atomic E-state index is 5.25. The topological polar surface area (TPSA) is 30.7 Å². The van der Waals surface area contributed by atoms with Gasteiger partial charge in [-0.2, -0.15) is 0 Å². The zero-order valence-corrected chi connectivity index (χ0v) is 27.8. The molecule has 0 aliphatic rings. The summed E-state index contributed by atoms with van der Waals surface area (Å²) in [4.78, 5) is 11.3. The third-order valence-electron chi connectivity index (χ3n) is 9.63. The van der Waals surface area contributed by atoms with Crippen LogP contribution >= 0.6 is 11.3 Å². The number of hydrogen-bond donors (Lipinski definition) is 0. The first-order valence-corrected chi connectivity index (χ1v) is 17.7. The van der Waals surface area contributed by atoms with Crippen LogP contribution in [0.1, 0.15) is 0 Å². The van der Waals surface area contributed by atoms with Crippen molar-refractivity contribution in [2.75, 3.05) is 0 Å². The molecule has 234 valence electrons. The average molecular weight is 656 g/mol. The highest BCUT2D eigenvalue weighted by Gasteiger charge is 2.18. The third-order valence-corrected chi connectivity index (χ3v) is 10.7. The normalized spacial score (nSPS) is 11.6. The Morgan fingerprint density at radius 1 is 0.420 bits per heavy atom. The van der Waals surface area contributed by atoms with E-state index >= 15 is 0 Å². The molecule has 7 aromatic carbocycles. The number of rotatable bonds is 5. The van der Waals surface area contributed by atoms with E-state index in [0.717, 1.165) is 49.7 Å². The van der Waals surface area contributed by atoms with Gasteiger partial charge in [0.2, 0.25) is 0 Å². The van der Waals surface area contributed by atoms with Gasteiger partial charge in [0, 0.05) is 43.1 Å². The number of benzene rings is 7. The van der Waals surface area contributed by atoms with Crippen molar-refractivity contribution in [2.24, 2.45) is 0 Å². The Labute approximate surface area is 293 Å². The number of hydrogen-bond acceptors (Lipinski definition) is 3. The van der Waals surface area contributed by atoms with E-state index in [0.29, 0.717) is 0 Å². The molecule has 0 bridgehead atoms. The third kappa shape index (κ3) is 4.65. The van der Waals surface area contributed by atoms with Gasteiger partial charge in [-0.15, -0.1) is 11.3 Å². The zero-order valence-electron chi connectivity index (χ0n) is 27.0. The summed E-state index contributed by atoms with van der Waals surface area (Å²) in [6, 6.07) is 62.6. The van der Waals surface area contributed by atoms with E-state index in [1.807, 2.05) is 18.2 Å². The molecule has 0 atom stereocenters. The molecule has 0 fully saturated rings. The lowest BCUT2D eigenvalue weighted by atomic mass is 9.94. The van der Waals surface area contributed by atoms with Gasteiger partial charge in [-0.3, -0.25) is 0 Å². The molecular formula is C46H29N3S. The fourth-order valence-electron chi connectivity index (χ4n) is 7.38. The molecule has 0 saturated heterocycles. The van der Waals surface area contributed by atoms with Crippen molar-refractivity contribution >= 4 is 53.4 Å². The van der Waals surface area contributed by atoms with Crippen LogP contribution in [-0.4, -0.2) is 14.5 Å². The van der Waals surface area contributed by atoms with Gasteiger partial charge in [-0.25, -0.2) is 9.97 Å². The molecule has 0 saturated carbocycles. The zero-order chi connectivity index (χ0) is 33.0. The molecule has 0 radical (unpaired) electrons. The Morgan fingerprint density at radius 2 is 1.02 bits per heavy atom. The van der Waals surface area contributed by atoms with Crippen LogP contribution in [0.2, 0.25) is 0 Å². The summed E-state index contributed by atoms with van der Waals surface area (Å²) in [6.45, 7) is 0. The predicted octanol–water partition coefficient (Wildman–Crippen LogP) is 12.6. The van der Waals surface area contributed by atoms with Crippen LogP contribution in [0, 0.1) is 0 Å². The lowest BCUT2D eigenvalue weighted by molar-refractivity contribution is 1.18. The highest BCUT2D eigenvalue weighted by Crippen LogP contribution is 2.42. The molecule has 3 heterocycles. The Balaban J connectivity index is 1.14. The molecule has 0 aliphatic heterocycles. The van der Waals surface area contributed by atoms with Crippen LogP contribution < -0.4 is 0 Å². The Morgan fingerprint density at radius 3 is 1.84 bits per heavy atom. The van der Waals surface area contributed by atoms with Crippen LogP contribution in [0.15, 0.2) is 176 Å². The molecular weight excluding hydrogens is 627 g/mol. The fraction of sp³-hybridized carbons (Fsp3) is 0. The van der Waals surface area contributed by atoms with E-state index in [2.05, 4.69) is 162 Å². The number of para-hydroxylation sites is 2. The molecule has 0 amide bonds. The fourth-order valence-corrected chi connectivity index (χ4v) is 8.45. The van der Waals surface area contributed by atoms with E-state index < -0.39 is 0 Å². The Hall–Kier alpha value is -6.36. The second-order valence-electron chi connectivity index (χ2n) is 12.6. The maximum Gasteiger partial charge on any atom is 0.161 e. The van der Waals surface area contributed by atoms with Crippen LogP contribution in [0.25, 0.3) is 92.7 Å². The van der Waals surface area contributed by atoms with Crippen molar-refractivity contribution in [1.82, 2.24) is 14.5 Å². The van der Waals surface area contributed by atoms with Crippen LogP contribution in [-0.2, 0) is 0 Å². The van der Waals surface area contributed by atoms with Crippen molar-refractivity contribution in [3.63, 3.8) is 0 Å². The first-order chi connectivity index (χ1) is 24.8. The average Bonchev–Trinajstić information content (AvgIpc) is 3.74. The van der Waals surface area contributed by atoms with E-state index in [4.69, 9.17) is 9.97 Å². The minimum atomic E-state index is 0.745. The second-order valence-corrected chi connectivity index (χ2v) is 13.6. The summed E-state index contributed by atoms with van der Waals surface area (Å²) in [5, 5.41) is 4.81. The standard InChI is InChI=1S/C46H29N3S/c1-3-14-30(15-4-1)45-47-44(43-38-23-8-10-27-41(38)50-46(43)48-45)34-19-12-17-32(29-34)31-16-11-18-33(28-31)36-24-13-26-40-42(36)37-22-7-9-25-39(37)49(40)35-20-5-2-6-21-35/h1-29H. The lowest BCUT2D eigenvalue weighted by Gasteiger charge is -2.11. The van der Waals surface area contributed by atoms with Gasteiger partial charge in [0.1, 0.15) is 4.83 Å². The Bertz CT molecular complexity index is 2870. The van der Waals surface area contributed by atoms with Gasteiger partial charge >= 0.3 is 0 Å². The number of fused-ring (bicyclic) bond motifs is 6. The van der Waals surface area contributed by atoms with Crippen molar-refractivity contribution in [1.29, 1.82) is 0 Å². The van der Waals surface area contributed by atoms with Gasteiger partial charge in [0.25, 0.3) is 0 Å². The molecule has 50 heavy (non-hydrogen) atoms. The van der Waals surface area contributed by atoms with E-state index in [-0.39, 0.29) is 0 Å². The molecule has 4 heteroatoms. The molecule has 10 rings (SSSR count). The number of nitrogens with zero attached hydrogens (tertiary/aromatic N) is 3. The molecule has 10 aromatic rings. The summed E-state index contributed by atoms with van der Waals surface area (Å²) < 4.78 is 3.59. The van der Waals surface area contributed by atoms with Crippen LogP contribution in [0.3, 0.4) is 0 Å². The van der Waals surface area contributed by atoms with Gasteiger partial charge in [0.05, 0.1) is 16.7 Å². The highest BCUT2D eigenvalue weighted by atomic mass is 32.1. The summed E-state index contributed by atoms with van der Waals surface area (Å²) in [5.74, 6) is 0.745. The molecule has 3 nitrogen and oxygen atoms in total. The highest BCUT2D eigenvalue weighted by molar-refractivity contribution is 7.25. The summed E-state index contributed by atoms with van der Waals surface area (Å²) in [7, 11) is 0. The minimum Gasteiger partial charge on any atom is -0.309 e. The summed E-state index contributed by atoms with van der Waals surface area (Å²) >= 11 is 1.73. The van der Waals surface area contributed by atoms with Gasteiger partial charge in [0.15, 0.2) is 5.82 Å². The summed E-state index contributed by atoms with van der Waals surface area (Å²) in [5.41, 5.74) is 11.3. The van der Waals surface area contributed by atoms with E-state index in [1.54, 1.807) is 11.3 Å². The summed E-state index contributed by atoms with van der Waals surface area (Å²) in [6.07, 6.45) is 0. The maximum atomic E-state index is 5.25. The Kier molecular flexibility index (Phi) is 6.68. The molecule has 0 N–H and O–H groups in total. The van der Waals surface area contributed by atoms with Gasteiger partial charge in [-0.1, -0.05) is 133 Å². The molecule has 3 aromatic heterocycles. The second kappa shape index (κ2) is 11.7. The smallest absolute Gasteiger partial charge is 0.161 e. The van der Waals surface area contributed by atoms with E-state index in [1.165, 1.54) is 43.0 Å². The number of aromatic nitrogens is 3. The van der Waals surface area contributed by atoms with Crippen molar-refractivity contribution in [3.05, 3.63) is 176 Å². The molecule has 0 unspecified atom stereocenters. The van der Waals surface area contributed by atoms with Crippen molar-refractivity contribution in [2.45, 2.75) is 0 Å². The minimum absolute atomic E-state index is 0.745. The number of thiophene rings is 1. The lowest BCUT2D eigenvalue weighted by Crippen LogP contribution is -1.94. The van der Waals surface area contributed by atoms with Crippen molar-refractivity contribution < 1.29 is 0 Å². The molecule has 0 aliphatic carbocycles. The largest absolute Gasteiger partial charge is 0.309 e. The van der Waals surface area contributed by atoms with Crippen molar-refractivity contribution in [3.8, 4) is 50.6 Å².